The Hall–Kier alpha value is -3.40. The van der Waals surface area contributed by atoms with Gasteiger partial charge in [-0.25, -0.2) is 9.59 Å². The van der Waals surface area contributed by atoms with E-state index in [0.717, 1.165) is 0 Å². The molecule has 1 aliphatic heterocycles. The first-order valence-corrected chi connectivity index (χ1v) is 8.17. The second-order valence-electron chi connectivity index (χ2n) is 5.83. The number of barbiturate groups is 1. The van der Waals surface area contributed by atoms with Crippen LogP contribution in [0.1, 0.15) is 24.8 Å². The Balaban J connectivity index is 2.04. The Morgan fingerprint density at radius 3 is 2.22 bits per heavy atom. The van der Waals surface area contributed by atoms with E-state index in [9.17, 15) is 29.1 Å². The summed E-state index contributed by atoms with van der Waals surface area (Å²) < 4.78 is 0. The lowest BCUT2D eigenvalue weighted by Crippen LogP contribution is -2.51. The van der Waals surface area contributed by atoms with Gasteiger partial charge in [-0.3, -0.25) is 35.0 Å². The number of halogens is 1. The van der Waals surface area contributed by atoms with Gasteiger partial charge in [0.1, 0.15) is 11.1 Å². The number of H-pyrrole nitrogens is 2. The zero-order chi connectivity index (χ0) is 19.7. The molecule has 0 spiro atoms. The molecule has 1 saturated heterocycles. The van der Waals surface area contributed by atoms with E-state index in [2.05, 4.69) is 4.98 Å². The van der Waals surface area contributed by atoms with Crippen LogP contribution < -0.4 is 21.9 Å². The first kappa shape index (κ1) is 18.4. The van der Waals surface area contributed by atoms with Crippen LogP contribution in [0, 0.1) is 0 Å². The van der Waals surface area contributed by atoms with Gasteiger partial charge in [0.25, 0.3) is 17.4 Å². The molecule has 3 rings (SSSR count). The number of rotatable bonds is 2. The van der Waals surface area contributed by atoms with Crippen molar-refractivity contribution in [2.45, 2.75) is 19.3 Å². The SMILES string of the molecule is O=C1NC(=O)C(=CC2=C(Cl)C(=Cc3c(O)[nH]c(=O)[nH]c3=O)CCC2)C(=O)N1. The van der Waals surface area contributed by atoms with Crippen LogP contribution in [-0.2, 0) is 9.59 Å². The molecule has 0 bridgehead atoms. The average molecular weight is 393 g/mol. The molecule has 10 nitrogen and oxygen atoms in total. The van der Waals surface area contributed by atoms with Crippen molar-refractivity contribution in [2.24, 2.45) is 0 Å². The van der Waals surface area contributed by atoms with Gasteiger partial charge in [-0.2, -0.15) is 0 Å². The first-order chi connectivity index (χ1) is 12.8. The summed E-state index contributed by atoms with van der Waals surface area (Å²) in [5.74, 6) is -2.28. The lowest BCUT2D eigenvalue weighted by Gasteiger charge is -2.19. The summed E-state index contributed by atoms with van der Waals surface area (Å²) >= 11 is 6.35. The van der Waals surface area contributed by atoms with Gasteiger partial charge in [0.2, 0.25) is 5.88 Å². The maximum absolute atomic E-state index is 11.9. The molecular formula is C16H13ClN4O6. The van der Waals surface area contributed by atoms with E-state index in [4.69, 9.17) is 11.6 Å². The van der Waals surface area contributed by atoms with Crippen LogP contribution in [0.25, 0.3) is 6.08 Å². The monoisotopic (exact) mass is 392 g/mol. The molecule has 5 N–H and O–H groups in total. The van der Waals surface area contributed by atoms with Gasteiger partial charge in [-0.15, -0.1) is 0 Å². The Bertz CT molecular complexity index is 1050. The third kappa shape index (κ3) is 3.75. The maximum atomic E-state index is 11.9. The molecule has 0 radical (unpaired) electrons. The highest BCUT2D eigenvalue weighted by Crippen LogP contribution is 2.35. The summed E-state index contributed by atoms with van der Waals surface area (Å²) in [6.45, 7) is 0. The summed E-state index contributed by atoms with van der Waals surface area (Å²) in [6.07, 6.45) is 4.14. The Labute approximate surface area is 155 Å². The molecule has 140 valence electrons. The van der Waals surface area contributed by atoms with Crippen LogP contribution in [0.2, 0.25) is 0 Å². The van der Waals surface area contributed by atoms with Crippen molar-refractivity contribution < 1.29 is 19.5 Å². The van der Waals surface area contributed by atoms with Crippen molar-refractivity contribution in [1.82, 2.24) is 20.6 Å². The second kappa shape index (κ2) is 7.08. The molecule has 1 aromatic rings. The predicted molar refractivity (Wildman–Crippen MR) is 93.8 cm³/mol. The molecule has 0 saturated carbocycles. The molecule has 1 aromatic heterocycles. The minimum atomic E-state index is -0.903. The Morgan fingerprint density at radius 2 is 1.59 bits per heavy atom. The number of imide groups is 2. The topological polar surface area (TPSA) is 161 Å². The minimum absolute atomic E-state index is 0.171. The molecule has 11 heteroatoms. The number of hydrogen-bond donors (Lipinski definition) is 5. The maximum Gasteiger partial charge on any atom is 0.328 e. The van der Waals surface area contributed by atoms with Crippen molar-refractivity contribution in [3.8, 4) is 5.88 Å². The molecule has 2 heterocycles. The second-order valence-corrected chi connectivity index (χ2v) is 6.21. The fourth-order valence-corrected chi connectivity index (χ4v) is 3.04. The number of urea groups is 1. The fraction of sp³-hybridized carbons (Fsp3) is 0.188. The molecule has 0 unspecified atom stereocenters. The normalized spacial score (nSPS) is 19.2. The fourth-order valence-electron chi connectivity index (χ4n) is 2.74. The number of nitrogens with one attached hydrogen (secondary N) is 4. The Kier molecular flexibility index (Phi) is 4.82. The molecule has 27 heavy (non-hydrogen) atoms. The highest BCUT2D eigenvalue weighted by atomic mass is 35.5. The van der Waals surface area contributed by atoms with E-state index in [1.54, 1.807) is 0 Å². The van der Waals surface area contributed by atoms with E-state index < -0.39 is 35.0 Å². The van der Waals surface area contributed by atoms with E-state index in [1.807, 2.05) is 15.6 Å². The zero-order valence-corrected chi connectivity index (χ0v) is 14.4. The van der Waals surface area contributed by atoms with Crippen molar-refractivity contribution in [3.63, 3.8) is 0 Å². The first-order valence-electron chi connectivity index (χ1n) is 7.80. The van der Waals surface area contributed by atoms with Crippen LogP contribution in [0.3, 0.4) is 0 Å². The number of amides is 4. The lowest BCUT2D eigenvalue weighted by molar-refractivity contribution is -0.124. The summed E-state index contributed by atoms with van der Waals surface area (Å²) in [4.78, 5) is 61.9. The third-order valence-electron chi connectivity index (χ3n) is 4.00. The van der Waals surface area contributed by atoms with Crippen LogP contribution >= 0.6 is 11.6 Å². The molecule has 2 aliphatic rings. The summed E-state index contributed by atoms with van der Waals surface area (Å²) in [6, 6.07) is -0.903. The number of hydrogen-bond acceptors (Lipinski definition) is 6. The average Bonchev–Trinajstić information content (AvgIpc) is 2.56. The molecule has 0 aromatic carbocycles. The third-order valence-corrected chi connectivity index (χ3v) is 4.48. The molecule has 0 atom stereocenters. The molecule has 4 amide bonds. The number of carbonyl (C=O) groups is 3. The minimum Gasteiger partial charge on any atom is -0.494 e. The van der Waals surface area contributed by atoms with E-state index >= 15 is 0 Å². The van der Waals surface area contributed by atoms with Crippen LogP contribution in [0.4, 0.5) is 4.79 Å². The van der Waals surface area contributed by atoms with Crippen LogP contribution in [0.5, 0.6) is 5.88 Å². The van der Waals surface area contributed by atoms with Crippen molar-refractivity contribution >= 4 is 35.5 Å². The van der Waals surface area contributed by atoms with Gasteiger partial charge < -0.3 is 5.11 Å². The number of aromatic amines is 2. The van der Waals surface area contributed by atoms with Gasteiger partial charge in [0, 0.05) is 5.03 Å². The predicted octanol–water partition coefficient (Wildman–Crippen LogP) is 0.121. The Morgan fingerprint density at radius 1 is 0.926 bits per heavy atom. The van der Waals surface area contributed by atoms with Gasteiger partial charge in [-0.05, 0) is 42.6 Å². The summed E-state index contributed by atoms with van der Waals surface area (Å²) in [7, 11) is 0. The number of carbonyl (C=O) groups excluding carboxylic acids is 3. The van der Waals surface area contributed by atoms with Crippen LogP contribution in [0.15, 0.2) is 37.4 Å². The quantitative estimate of drug-likeness (QED) is 0.355. The van der Waals surface area contributed by atoms with E-state index in [-0.39, 0.29) is 16.2 Å². The summed E-state index contributed by atoms with van der Waals surface area (Å²) in [5.41, 5.74) is -1.13. The summed E-state index contributed by atoms with van der Waals surface area (Å²) in [5, 5.41) is 13.9. The van der Waals surface area contributed by atoms with Crippen molar-refractivity contribution in [2.75, 3.05) is 0 Å². The molecule has 1 fully saturated rings. The highest BCUT2D eigenvalue weighted by Gasteiger charge is 2.29. The van der Waals surface area contributed by atoms with Gasteiger partial charge >= 0.3 is 11.7 Å². The van der Waals surface area contributed by atoms with E-state index in [0.29, 0.717) is 30.4 Å². The number of aromatic hydroxyl groups is 1. The molecule has 1 aliphatic carbocycles. The zero-order valence-electron chi connectivity index (χ0n) is 13.6. The number of allylic oxidation sites excluding steroid dienone is 4. The largest absolute Gasteiger partial charge is 0.494 e. The van der Waals surface area contributed by atoms with E-state index in [1.165, 1.54) is 12.2 Å². The van der Waals surface area contributed by atoms with Crippen LogP contribution in [-0.4, -0.2) is 32.9 Å². The van der Waals surface area contributed by atoms with Gasteiger partial charge in [0.15, 0.2) is 0 Å². The molecular weight excluding hydrogens is 380 g/mol. The van der Waals surface area contributed by atoms with Gasteiger partial charge in [-0.1, -0.05) is 11.6 Å². The highest BCUT2D eigenvalue weighted by molar-refractivity contribution is 6.33. The lowest BCUT2D eigenvalue weighted by atomic mass is 9.92. The van der Waals surface area contributed by atoms with Crippen molar-refractivity contribution in [1.29, 1.82) is 0 Å². The van der Waals surface area contributed by atoms with Crippen molar-refractivity contribution in [3.05, 3.63) is 54.2 Å². The van der Waals surface area contributed by atoms with Gasteiger partial charge in [0.05, 0.1) is 0 Å². The standard InChI is InChI=1S/C16H13ClN4O6/c17-10-6(4-8-11(22)18-15(26)19-12(8)23)2-1-3-7(10)5-9-13(24)20-16(27)21-14(9)25/h4-5H,1-3H2,(H2,18,19,22,23,26)(H3,20,21,24,25,27). The number of aromatic nitrogens is 2. The smallest absolute Gasteiger partial charge is 0.328 e.